The third-order valence-electron chi connectivity index (χ3n) is 6.17. The molecule has 3 aromatic rings. The molecule has 0 bridgehead atoms. The zero-order chi connectivity index (χ0) is 19.6. The Balaban J connectivity index is 1.66. The average molecular weight is 395 g/mol. The summed E-state index contributed by atoms with van der Waals surface area (Å²) in [7, 11) is 1.96. The molecule has 1 aliphatic rings. The average Bonchev–Trinajstić information content (AvgIpc) is 3.13. The van der Waals surface area contributed by atoms with Gasteiger partial charge in [0, 0.05) is 28.2 Å². The highest BCUT2D eigenvalue weighted by Gasteiger charge is 2.26. The minimum atomic E-state index is 0.444. The maximum Gasteiger partial charge on any atom is 0.138 e. The van der Waals surface area contributed by atoms with Gasteiger partial charge in [-0.15, -0.1) is 0 Å². The number of fused-ring (bicyclic) bond motifs is 1. The fourth-order valence-electron chi connectivity index (χ4n) is 4.32. The van der Waals surface area contributed by atoms with E-state index >= 15 is 0 Å². The van der Waals surface area contributed by atoms with E-state index in [9.17, 15) is 0 Å². The Labute approximate surface area is 172 Å². The van der Waals surface area contributed by atoms with Crippen LogP contribution in [0.15, 0.2) is 41.6 Å². The molecule has 0 saturated carbocycles. The van der Waals surface area contributed by atoms with Crippen LogP contribution < -0.4 is 10.0 Å². The minimum absolute atomic E-state index is 0.444. The van der Waals surface area contributed by atoms with E-state index in [-0.39, 0.29) is 0 Å². The Kier molecular flexibility index (Phi) is 5.76. The number of nitrogens with one attached hydrogen (secondary N) is 3. The van der Waals surface area contributed by atoms with Crippen LogP contribution in [0.5, 0.6) is 0 Å². The molecule has 0 amide bonds. The van der Waals surface area contributed by atoms with Crippen LogP contribution in [0.4, 0.5) is 0 Å². The number of nitrogens with zero attached hydrogens (tertiary/aromatic N) is 1. The fourth-order valence-corrected chi connectivity index (χ4v) is 4.89. The van der Waals surface area contributed by atoms with Gasteiger partial charge in [0.15, 0.2) is 0 Å². The van der Waals surface area contributed by atoms with Crippen LogP contribution in [0.3, 0.4) is 0 Å². The largest absolute Gasteiger partial charge is 0.346 e. The van der Waals surface area contributed by atoms with Crippen LogP contribution in [0.1, 0.15) is 37.3 Å². The zero-order valence-electron chi connectivity index (χ0n) is 17.1. The molecule has 1 aromatic carbocycles. The summed E-state index contributed by atoms with van der Waals surface area (Å²) in [4.78, 5) is 9.25. The highest BCUT2D eigenvalue weighted by Crippen LogP contribution is 2.37. The third-order valence-corrected chi connectivity index (χ3v) is 7.05. The molecule has 1 saturated heterocycles. The van der Waals surface area contributed by atoms with Crippen LogP contribution in [0.2, 0.25) is 0 Å². The topological polar surface area (TPSA) is 52.7 Å². The molecular formula is C23H30N4S. The Morgan fingerprint density at radius 3 is 2.79 bits per heavy atom. The van der Waals surface area contributed by atoms with E-state index in [1.165, 1.54) is 51.8 Å². The molecule has 1 fully saturated rings. The Morgan fingerprint density at radius 2 is 2.04 bits per heavy atom. The molecule has 4 rings (SSSR count). The number of hydrogen-bond acceptors (Lipinski definition) is 4. The SMILES string of the molecule is CNSc1ccc(-c2c[nH]c3nccc(CCC4(C)CCNCC4)c23)cc1C. The second-order valence-electron chi connectivity index (χ2n) is 8.24. The van der Waals surface area contributed by atoms with Crippen LogP contribution in [0.25, 0.3) is 22.2 Å². The summed E-state index contributed by atoms with van der Waals surface area (Å²) in [6, 6.07) is 8.92. The predicted octanol–water partition coefficient (Wildman–Crippen LogP) is 5.09. The van der Waals surface area contributed by atoms with Gasteiger partial charge in [-0.2, -0.15) is 0 Å². The van der Waals surface area contributed by atoms with Crippen LogP contribution in [0, 0.1) is 12.3 Å². The van der Waals surface area contributed by atoms with E-state index in [0.29, 0.717) is 5.41 Å². The van der Waals surface area contributed by atoms with Gasteiger partial charge in [-0.1, -0.05) is 19.1 Å². The summed E-state index contributed by atoms with van der Waals surface area (Å²) in [5.74, 6) is 0. The third kappa shape index (κ3) is 3.97. The summed E-state index contributed by atoms with van der Waals surface area (Å²) in [5, 5.41) is 4.78. The normalized spacial score (nSPS) is 16.5. The molecule has 5 heteroatoms. The van der Waals surface area contributed by atoms with Gasteiger partial charge in [-0.25, -0.2) is 4.98 Å². The Hall–Kier alpha value is -1.82. The lowest BCUT2D eigenvalue weighted by Gasteiger charge is -2.34. The van der Waals surface area contributed by atoms with Gasteiger partial charge in [0.1, 0.15) is 5.65 Å². The van der Waals surface area contributed by atoms with E-state index in [1.54, 1.807) is 11.9 Å². The van der Waals surface area contributed by atoms with Crippen molar-refractivity contribution in [2.75, 3.05) is 20.1 Å². The van der Waals surface area contributed by atoms with Gasteiger partial charge in [0.2, 0.25) is 0 Å². The highest BCUT2D eigenvalue weighted by atomic mass is 32.2. The summed E-state index contributed by atoms with van der Waals surface area (Å²) >= 11 is 1.66. The van der Waals surface area contributed by atoms with Gasteiger partial charge in [-0.05, 0) is 98.9 Å². The van der Waals surface area contributed by atoms with Gasteiger partial charge in [0.25, 0.3) is 0 Å². The number of aryl methyl sites for hydroxylation is 2. The summed E-state index contributed by atoms with van der Waals surface area (Å²) in [6.07, 6.45) is 8.94. The van der Waals surface area contributed by atoms with Crippen molar-refractivity contribution in [1.29, 1.82) is 0 Å². The number of pyridine rings is 1. The lowest BCUT2D eigenvalue weighted by Crippen LogP contribution is -2.35. The lowest BCUT2D eigenvalue weighted by molar-refractivity contribution is 0.212. The summed E-state index contributed by atoms with van der Waals surface area (Å²) in [6.45, 7) is 6.92. The number of H-pyrrole nitrogens is 1. The molecular weight excluding hydrogens is 364 g/mol. The van der Waals surface area contributed by atoms with Crippen molar-refractivity contribution in [2.45, 2.75) is 44.4 Å². The molecule has 28 heavy (non-hydrogen) atoms. The summed E-state index contributed by atoms with van der Waals surface area (Å²) in [5.41, 5.74) is 6.66. The second-order valence-corrected chi connectivity index (χ2v) is 9.30. The van der Waals surface area contributed by atoms with Crippen LogP contribution in [-0.4, -0.2) is 30.1 Å². The number of aromatic nitrogens is 2. The zero-order valence-corrected chi connectivity index (χ0v) is 17.9. The molecule has 148 valence electrons. The van der Waals surface area contributed by atoms with Crippen molar-refractivity contribution in [2.24, 2.45) is 5.41 Å². The molecule has 4 nitrogen and oxygen atoms in total. The number of rotatable bonds is 6. The standard InChI is InChI=1S/C23H30N4S/c1-16-14-18(4-5-20(16)28-24-3)19-15-27-22-21(19)17(7-11-26-22)6-8-23(2)9-12-25-13-10-23/h4-5,7,11,14-15,24-25H,6,8-10,12-13H2,1-3H3,(H,26,27). The smallest absolute Gasteiger partial charge is 0.138 e. The number of benzene rings is 1. The second kappa shape index (κ2) is 8.27. The molecule has 3 heterocycles. The van der Waals surface area contributed by atoms with Crippen molar-refractivity contribution in [3.05, 3.63) is 47.8 Å². The first kappa shape index (κ1) is 19.5. The maximum atomic E-state index is 4.59. The van der Waals surface area contributed by atoms with Crippen LogP contribution in [-0.2, 0) is 6.42 Å². The molecule has 2 aromatic heterocycles. The number of piperidine rings is 1. The van der Waals surface area contributed by atoms with Crippen molar-refractivity contribution in [3.63, 3.8) is 0 Å². The van der Waals surface area contributed by atoms with E-state index in [1.807, 2.05) is 13.2 Å². The maximum absolute atomic E-state index is 4.59. The molecule has 0 aliphatic carbocycles. The molecule has 0 unspecified atom stereocenters. The first-order valence-corrected chi connectivity index (χ1v) is 11.0. The van der Waals surface area contributed by atoms with Gasteiger partial charge in [0.05, 0.1) is 0 Å². The first-order chi connectivity index (χ1) is 13.6. The summed E-state index contributed by atoms with van der Waals surface area (Å²) < 4.78 is 3.17. The molecule has 0 atom stereocenters. The predicted molar refractivity (Wildman–Crippen MR) is 120 cm³/mol. The van der Waals surface area contributed by atoms with Gasteiger partial charge in [-0.3, -0.25) is 4.72 Å². The minimum Gasteiger partial charge on any atom is -0.346 e. The van der Waals surface area contributed by atoms with Gasteiger partial charge < -0.3 is 10.3 Å². The Morgan fingerprint density at radius 1 is 1.21 bits per heavy atom. The molecule has 3 N–H and O–H groups in total. The van der Waals surface area contributed by atoms with Crippen molar-refractivity contribution < 1.29 is 0 Å². The first-order valence-electron chi connectivity index (χ1n) is 10.2. The fraction of sp³-hybridized carbons (Fsp3) is 0.435. The highest BCUT2D eigenvalue weighted by molar-refractivity contribution is 7.97. The molecule has 0 spiro atoms. The number of hydrogen-bond donors (Lipinski definition) is 3. The van der Waals surface area contributed by atoms with Gasteiger partial charge >= 0.3 is 0 Å². The van der Waals surface area contributed by atoms with Crippen molar-refractivity contribution in [3.8, 4) is 11.1 Å². The molecule has 1 aliphatic heterocycles. The van der Waals surface area contributed by atoms with E-state index in [2.05, 4.69) is 64.3 Å². The van der Waals surface area contributed by atoms with Crippen molar-refractivity contribution in [1.82, 2.24) is 20.0 Å². The number of aromatic amines is 1. The van der Waals surface area contributed by atoms with Crippen molar-refractivity contribution >= 4 is 23.0 Å². The lowest BCUT2D eigenvalue weighted by atomic mass is 9.76. The monoisotopic (exact) mass is 394 g/mol. The van der Waals surface area contributed by atoms with E-state index in [4.69, 9.17) is 0 Å². The van der Waals surface area contributed by atoms with E-state index < -0.39 is 0 Å². The quantitative estimate of drug-likeness (QED) is 0.510. The van der Waals surface area contributed by atoms with Crippen LogP contribution >= 0.6 is 11.9 Å². The van der Waals surface area contributed by atoms with E-state index in [0.717, 1.165) is 25.2 Å². The Bertz CT molecular complexity index is 956. The molecule has 0 radical (unpaired) electrons.